The summed E-state index contributed by atoms with van der Waals surface area (Å²) in [5.74, 6) is -0.439. The second-order valence-electron chi connectivity index (χ2n) is 6.05. The van der Waals surface area contributed by atoms with Crippen LogP contribution in [0.15, 0.2) is 22.1 Å². The van der Waals surface area contributed by atoms with Crippen LogP contribution in [0.25, 0.3) is 5.52 Å². The van der Waals surface area contributed by atoms with Gasteiger partial charge in [0.1, 0.15) is 10.1 Å². The Bertz CT molecular complexity index is 982. The number of rotatable bonds is 8. The summed E-state index contributed by atoms with van der Waals surface area (Å²) in [4.78, 5) is 5.07. The van der Waals surface area contributed by atoms with Crippen LogP contribution in [0.5, 0.6) is 0 Å². The number of thiophene rings is 1. The van der Waals surface area contributed by atoms with Crippen molar-refractivity contribution in [2.75, 3.05) is 11.9 Å². The largest absolute Gasteiger partial charge is 0.522 e. The number of fused-ring (bicyclic) bond motifs is 1. The fraction of sp³-hybridized carbons (Fsp3) is 0.375. The van der Waals surface area contributed by atoms with Gasteiger partial charge < -0.3 is 11.1 Å². The summed E-state index contributed by atoms with van der Waals surface area (Å²) in [6.07, 6.45) is -4.86. The molecule has 1 atom stereocenters. The Labute approximate surface area is 180 Å². The first kappa shape index (κ1) is 22.2. The lowest BCUT2D eigenvalue weighted by Gasteiger charge is -2.12. The van der Waals surface area contributed by atoms with Gasteiger partial charge in [-0.25, -0.2) is 8.91 Å². The molecule has 3 aromatic heterocycles. The molecule has 0 aliphatic rings. The van der Waals surface area contributed by atoms with E-state index in [-0.39, 0.29) is 39.6 Å². The third kappa shape index (κ3) is 5.57. The topological polar surface area (TPSA) is 77.5 Å². The molecule has 0 aliphatic carbocycles. The highest BCUT2D eigenvalue weighted by Crippen LogP contribution is 2.32. The van der Waals surface area contributed by atoms with E-state index >= 15 is 4.39 Å². The summed E-state index contributed by atoms with van der Waals surface area (Å²) in [7, 11) is 0. The average molecular weight is 517 g/mol. The Balaban J connectivity index is 1.82. The van der Waals surface area contributed by atoms with Crippen LogP contribution in [0, 0.1) is 5.82 Å². The van der Waals surface area contributed by atoms with Gasteiger partial charge in [-0.15, -0.1) is 29.6 Å². The molecule has 6 nitrogen and oxygen atoms in total. The number of aromatic nitrogens is 3. The molecule has 0 saturated heterocycles. The molecule has 0 amide bonds. The minimum absolute atomic E-state index is 0.0288. The minimum atomic E-state index is -4.73. The van der Waals surface area contributed by atoms with Crippen LogP contribution in [-0.2, 0) is 17.7 Å². The fourth-order valence-electron chi connectivity index (χ4n) is 2.67. The van der Waals surface area contributed by atoms with E-state index in [0.717, 1.165) is 4.88 Å². The molecule has 13 heteroatoms. The summed E-state index contributed by atoms with van der Waals surface area (Å²) in [5, 5.41) is 8.84. The molecule has 0 spiro atoms. The van der Waals surface area contributed by atoms with Gasteiger partial charge in [0, 0.05) is 16.5 Å². The van der Waals surface area contributed by atoms with E-state index in [1.54, 1.807) is 0 Å². The first-order valence-electron chi connectivity index (χ1n) is 8.30. The Kier molecular flexibility index (Phi) is 6.99. The van der Waals surface area contributed by atoms with Crippen LogP contribution in [0.2, 0.25) is 5.28 Å². The molecule has 29 heavy (non-hydrogen) atoms. The van der Waals surface area contributed by atoms with E-state index in [9.17, 15) is 13.2 Å². The average Bonchev–Trinajstić information content (AvgIpc) is 3.22. The lowest BCUT2D eigenvalue weighted by Crippen LogP contribution is -2.27. The first-order valence-corrected chi connectivity index (χ1v) is 10.4. The molecule has 0 aliphatic heterocycles. The van der Waals surface area contributed by atoms with Crippen LogP contribution < -0.4 is 11.1 Å². The van der Waals surface area contributed by atoms with E-state index in [2.05, 4.69) is 36.1 Å². The predicted molar refractivity (Wildman–Crippen MR) is 106 cm³/mol. The number of nitrogens with zero attached hydrogens (tertiary/aromatic N) is 3. The normalized spacial score (nSPS) is 13.2. The number of alkyl halides is 3. The quantitative estimate of drug-likeness (QED) is 0.423. The van der Waals surface area contributed by atoms with Gasteiger partial charge in [0.15, 0.2) is 11.6 Å². The Morgan fingerprint density at radius 3 is 2.83 bits per heavy atom. The summed E-state index contributed by atoms with van der Waals surface area (Å²) in [6.45, 7) is -0.205. The zero-order valence-electron chi connectivity index (χ0n) is 14.6. The molecular formula is C16H15BrClF4N5OS. The second kappa shape index (κ2) is 9.13. The number of halogens is 6. The van der Waals surface area contributed by atoms with E-state index in [1.165, 1.54) is 15.9 Å². The van der Waals surface area contributed by atoms with Crippen molar-refractivity contribution in [2.24, 2.45) is 5.73 Å². The van der Waals surface area contributed by atoms with Gasteiger partial charge in [-0.3, -0.25) is 4.74 Å². The first-order chi connectivity index (χ1) is 13.7. The van der Waals surface area contributed by atoms with Crippen molar-refractivity contribution in [1.82, 2.24) is 14.6 Å². The van der Waals surface area contributed by atoms with E-state index < -0.39 is 24.8 Å². The molecule has 158 valence electrons. The molecule has 3 aromatic rings. The zero-order valence-corrected chi connectivity index (χ0v) is 17.8. The Morgan fingerprint density at radius 1 is 1.41 bits per heavy atom. The van der Waals surface area contributed by atoms with Crippen molar-refractivity contribution < 1.29 is 22.3 Å². The van der Waals surface area contributed by atoms with Crippen molar-refractivity contribution in [2.45, 2.75) is 31.8 Å². The summed E-state index contributed by atoms with van der Waals surface area (Å²) < 4.78 is 56.6. The molecule has 0 aromatic carbocycles. The van der Waals surface area contributed by atoms with Gasteiger partial charge in [0.25, 0.3) is 0 Å². The number of hydrogen-bond acceptors (Lipinski definition) is 6. The van der Waals surface area contributed by atoms with Gasteiger partial charge in [0.05, 0.1) is 13.2 Å². The highest BCUT2D eigenvalue weighted by Gasteiger charge is 2.29. The predicted octanol–water partition coefficient (Wildman–Crippen LogP) is 4.75. The van der Waals surface area contributed by atoms with Crippen LogP contribution in [0.1, 0.15) is 16.9 Å². The smallest absolute Gasteiger partial charge is 0.363 e. The molecule has 0 fully saturated rings. The molecule has 0 saturated carbocycles. The van der Waals surface area contributed by atoms with Gasteiger partial charge in [-0.05, 0) is 51.8 Å². The molecule has 0 unspecified atom stereocenters. The summed E-state index contributed by atoms with van der Waals surface area (Å²) in [5.41, 5.74) is 6.09. The SMILES string of the molecule is N[C@@H](CCOC(F)(F)F)Cc1c(F)c2c(NCc3cccs3)nc(Cl)nn2c1Br. The summed E-state index contributed by atoms with van der Waals surface area (Å²) >= 11 is 10.8. The van der Waals surface area contributed by atoms with Gasteiger partial charge >= 0.3 is 6.36 Å². The second-order valence-corrected chi connectivity index (χ2v) is 8.17. The van der Waals surface area contributed by atoms with Crippen LogP contribution in [0.4, 0.5) is 23.4 Å². The maximum absolute atomic E-state index is 15.1. The van der Waals surface area contributed by atoms with Crippen molar-refractivity contribution in [3.63, 3.8) is 0 Å². The third-order valence-corrected chi connectivity index (χ3v) is 5.81. The van der Waals surface area contributed by atoms with Gasteiger partial charge in [-0.1, -0.05) is 6.07 Å². The van der Waals surface area contributed by atoms with Gasteiger partial charge in [0.2, 0.25) is 5.28 Å². The Morgan fingerprint density at radius 2 is 2.17 bits per heavy atom. The van der Waals surface area contributed by atoms with Crippen molar-refractivity contribution in [3.8, 4) is 0 Å². The lowest BCUT2D eigenvalue weighted by molar-refractivity contribution is -0.324. The highest BCUT2D eigenvalue weighted by molar-refractivity contribution is 9.10. The zero-order chi connectivity index (χ0) is 21.2. The van der Waals surface area contributed by atoms with Crippen LogP contribution in [0.3, 0.4) is 0 Å². The highest BCUT2D eigenvalue weighted by atomic mass is 79.9. The van der Waals surface area contributed by atoms with E-state index in [1.807, 2.05) is 17.5 Å². The molecule has 0 radical (unpaired) electrons. The molecule has 3 heterocycles. The third-order valence-electron chi connectivity index (χ3n) is 3.96. The van der Waals surface area contributed by atoms with Gasteiger partial charge in [-0.2, -0.15) is 4.98 Å². The summed E-state index contributed by atoms with van der Waals surface area (Å²) in [6, 6.07) is 3.04. The molecular weight excluding hydrogens is 502 g/mol. The number of nitrogens with one attached hydrogen (secondary N) is 1. The van der Waals surface area contributed by atoms with Crippen molar-refractivity contribution in [3.05, 3.63) is 43.7 Å². The van der Waals surface area contributed by atoms with Crippen molar-refractivity contribution >= 4 is 50.2 Å². The monoisotopic (exact) mass is 515 g/mol. The van der Waals surface area contributed by atoms with E-state index in [0.29, 0.717) is 6.54 Å². The number of nitrogens with two attached hydrogens (primary N) is 1. The fourth-order valence-corrected chi connectivity index (χ4v) is 4.07. The molecule has 3 N–H and O–H groups in total. The standard InChI is InChI=1S/C16H15BrClF4N5OS/c17-13-10(6-8(23)3-4-28-16(20,21)22)11(19)12-14(25-15(18)26-27(12)13)24-7-9-2-1-5-29-9/h1-2,5,8H,3-4,6-7,23H2,(H,24,25,26)/t8-/m0/s1. The lowest BCUT2D eigenvalue weighted by atomic mass is 10.1. The number of ether oxygens (including phenoxy) is 1. The van der Waals surface area contributed by atoms with E-state index in [4.69, 9.17) is 17.3 Å². The maximum Gasteiger partial charge on any atom is 0.522 e. The van der Waals surface area contributed by atoms with Crippen molar-refractivity contribution in [1.29, 1.82) is 0 Å². The molecule has 0 bridgehead atoms. The number of hydrogen-bond donors (Lipinski definition) is 2. The number of anilines is 1. The maximum atomic E-state index is 15.1. The molecule has 3 rings (SSSR count). The van der Waals surface area contributed by atoms with Crippen LogP contribution in [-0.4, -0.2) is 33.6 Å². The van der Waals surface area contributed by atoms with Crippen LogP contribution >= 0.6 is 38.9 Å². The Hall–Kier alpha value is -1.47. The minimum Gasteiger partial charge on any atom is -0.363 e.